The van der Waals surface area contributed by atoms with Crippen molar-refractivity contribution in [2.24, 2.45) is 0 Å². The highest BCUT2D eigenvalue weighted by molar-refractivity contribution is 6.34. The van der Waals surface area contributed by atoms with E-state index in [2.05, 4.69) is 5.92 Å². The molecule has 0 heterocycles. The number of halogens is 2. The molecule has 0 fully saturated rings. The number of Topliss-reactive ketones (excluding diaryl/α,β-unsaturated/α-hetero) is 1. The Morgan fingerprint density at radius 3 is 2.85 bits per heavy atom. The van der Waals surface area contributed by atoms with Gasteiger partial charge in [-0.3, -0.25) is 4.79 Å². The summed E-state index contributed by atoms with van der Waals surface area (Å²) in [6.45, 7) is 0. The van der Waals surface area contributed by atoms with Crippen molar-refractivity contribution in [3.63, 3.8) is 0 Å². The Bertz CT molecular complexity index is 379. The first-order valence-corrected chi connectivity index (χ1v) is 3.94. The Balaban J connectivity index is 3.03. The average Bonchev–Trinajstić information content (AvgIpc) is 2.04. The Hall–Kier alpha value is -1.33. The topological polar surface area (TPSA) is 17.1 Å². The fraction of sp³-hybridized carbons (Fsp3) is 0.100. The van der Waals surface area contributed by atoms with Gasteiger partial charge in [-0.1, -0.05) is 17.5 Å². The third kappa shape index (κ3) is 2.30. The maximum absolute atomic E-state index is 12.6. The highest BCUT2D eigenvalue weighted by Gasteiger charge is 2.09. The first-order chi connectivity index (χ1) is 6.15. The Kier molecular flexibility index (Phi) is 3.05. The number of rotatable bonds is 2. The molecule has 0 aliphatic rings. The van der Waals surface area contributed by atoms with Crippen LogP contribution in [0.3, 0.4) is 0 Å². The number of hydrogen-bond donors (Lipinski definition) is 0. The molecule has 0 aromatic heterocycles. The molecule has 0 saturated heterocycles. The van der Waals surface area contributed by atoms with E-state index < -0.39 is 5.82 Å². The lowest BCUT2D eigenvalue weighted by molar-refractivity contribution is 0.0998. The van der Waals surface area contributed by atoms with Crippen molar-refractivity contribution < 1.29 is 9.18 Å². The van der Waals surface area contributed by atoms with E-state index in [1.807, 2.05) is 0 Å². The molecule has 0 N–H and O–H groups in total. The van der Waals surface area contributed by atoms with E-state index in [9.17, 15) is 9.18 Å². The molecule has 0 saturated carbocycles. The maximum Gasteiger partial charge on any atom is 0.176 e. The second-order valence-corrected chi connectivity index (χ2v) is 2.84. The minimum absolute atomic E-state index is 0.0225. The van der Waals surface area contributed by atoms with Crippen LogP contribution in [0.5, 0.6) is 0 Å². The quantitative estimate of drug-likeness (QED) is 0.525. The fourth-order valence-electron chi connectivity index (χ4n) is 0.904. The zero-order valence-electron chi connectivity index (χ0n) is 6.68. The smallest absolute Gasteiger partial charge is 0.176 e. The summed E-state index contributed by atoms with van der Waals surface area (Å²) in [7, 11) is 0. The maximum atomic E-state index is 12.6. The van der Waals surface area contributed by atoms with Gasteiger partial charge in [-0.25, -0.2) is 4.39 Å². The fourth-order valence-corrected chi connectivity index (χ4v) is 1.18. The van der Waals surface area contributed by atoms with Crippen LogP contribution in [0.1, 0.15) is 16.8 Å². The van der Waals surface area contributed by atoms with Crippen LogP contribution in [0.25, 0.3) is 0 Å². The molecule has 0 aliphatic carbocycles. The molecule has 1 aromatic rings. The summed E-state index contributed by atoms with van der Waals surface area (Å²) in [5.74, 6) is 1.46. The van der Waals surface area contributed by atoms with Crippen LogP contribution in [0.15, 0.2) is 18.2 Å². The van der Waals surface area contributed by atoms with Gasteiger partial charge in [0, 0.05) is 5.56 Å². The molecule has 0 amide bonds. The SMILES string of the molecule is C#CCC(=O)c1ccc(F)cc1Cl. The number of carbonyl (C=O) groups is 1. The van der Waals surface area contributed by atoms with Crippen molar-refractivity contribution in [3.8, 4) is 12.3 Å². The van der Waals surface area contributed by atoms with Gasteiger partial charge in [0.25, 0.3) is 0 Å². The Morgan fingerprint density at radius 2 is 2.31 bits per heavy atom. The Morgan fingerprint density at radius 1 is 1.62 bits per heavy atom. The molecule has 0 aliphatic heterocycles. The van der Waals surface area contributed by atoms with Crippen molar-refractivity contribution in [2.75, 3.05) is 0 Å². The van der Waals surface area contributed by atoms with Gasteiger partial charge in [-0.15, -0.1) is 6.42 Å². The molecule has 0 unspecified atom stereocenters. The van der Waals surface area contributed by atoms with Crippen molar-refractivity contribution in [1.82, 2.24) is 0 Å². The first kappa shape index (κ1) is 9.76. The van der Waals surface area contributed by atoms with Crippen molar-refractivity contribution in [3.05, 3.63) is 34.6 Å². The predicted molar refractivity (Wildman–Crippen MR) is 49.2 cm³/mol. The van der Waals surface area contributed by atoms with Gasteiger partial charge in [0.1, 0.15) is 5.82 Å². The predicted octanol–water partition coefficient (Wildman–Crippen LogP) is 2.69. The summed E-state index contributed by atoms with van der Waals surface area (Å²) in [6.07, 6.45) is 4.94. The number of benzene rings is 1. The zero-order valence-corrected chi connectivity index (χ0v) is 7.44. The number of carbonyl (C=O) groups excluding carboxylic acids is 1. The van der Waals surface area contributed by atoms with Gasteiger partial charge < -0.3 is 0 Å². The molecule has 1 rings (SSSR count). The third-order valence-electron chi connectivity index (χ3n) is 1.49. The summed E-state index contributed by atoms with van der Waals surface area (Å²) < 4.78 is 12.6. The van der Waals surface area contributed by atoms with E-state index in [-0.39, 0.29) is 22.8 Å². The molecular weight excluding hydrogens is 191 g/mol. The van der Waals surface area contributed by atoms with Crippen molar-refractivity contribution in [1.29, 1.82) is 0 Å². The minimum atomic E-state index is -0.470. The van der Waals surface area contributed by atoms with E-state index in [0.717, 1.165) is 6.07 Å². The summed E-state index contributed by atoms with van der Waals surface area (Å²) in [5.41, 5.74) is 0.265. The zero-order chi connectivity index (χ0) is 9.84. The van der Waals surface area contributed by atoms with Crippen LogP contribution in [0.4, 0.5) is 4.39 Å². The molecular formula is C10H6ClFO. The second kappa shape index (κ2) is 4.06. The van der Waals surface area contributed by atoms with Gasteiger partial charge in [-0.05, 0) is 18.2 Å². The van der Waals surface area contributed by atoms with E-state index in [0.29, 0.717) is 0 Å². The standard InChI is InChI=1S/C10H6ClFO/c1-2-3-10(13)8-5-4-7(12)6-9(8)11/h1,4-6H,3H2. The van der Waals surface area contributed by atoms with Crippen LogP contribution in [-0.2, 0) is 0 Å². The largest absolute Gasteiger partial charge is 0.293 e. The number of hydrogen-bond acceptors (Lipinski definition) is 1. The molecule has 1 aromatic carbocycles. The molecule has 0 atom stereocenters. The van der Waals surface area contributed by atoms with Crippen molar-refractivity contribution in [2.45, 2.75) is 6.42 Å². The number of ketones is 1. The minimum Gasteiger partial charge on any atom is -0.293 e. The van der Waals surface area contributed by atoms with Crippen molar-refractivity contribution >= 4 is 17.4 Å². The van der Waals surface area contributed by atoms with Gasteiger partial charge in [0.05, 0.1) is 11.4 Å². The van der Waals surface area contributed by atoms with Gasteiger partial charge in [-0.2, -0.15) is 0 Å². The van der Waals surface area contributed by atoms with Gasteiger partial charge in [0.15, 0.2) is 5.78 Å². The van der Waals surface area contributed by atoms with E-state index >= 15 is 0 Å². The summed E-state index contributed by atoms with van der Waals surface area (Å²) in [5, 5.41) is 0.0975. The molecule has 0 bridgehead atoms. The normalized spacial score (nSPS) is 9.31. The summed E-state index contributed by atoms with van der Waals surface area (Å²) in [4.78, 5) is 11.2. The van der Waals surface area contributed by atoms with Gasteiger partial charge >= 0.3 is 0 Å². The highest BCUT2D eigenvalue weighted by Crippen LogP contribution is 2.18. The third-order valence-corrected chi connectivity index (χ3v) is 1.81. The lowest BCUT2D eigenvalue weighted by Crippen LogP contribution is -1.98. The van der Waals surface area contributed by atoms with Crippen LogP contribution in [0, 0.1) is 18.2 Å². The van der Waals surface area contributed by atoms with Crippen LogP contribution in [0.2, 0.25) is 5.02 Å². The summed E-state index contributed by atoms with van der Waals surface area (Å²) >= 11 is 5.63. The Labute approximate surface area is 80.5 Å². The second-order valence-electron chi connectivity index (χ2n) is 2.43. The monoisotopic (exact) mass is 196 g/mol. The lowest BCUT2D eigenvalue weighted by atomic mass is 10.1. The average molecular weight is 197 g/mol. The molecule has 3 heteroatoms. The first-order valence-electron chi connectivity index (χ1n) is 3.57. The van der Waals surface area contributed by atoms with Crippen LogP contribution >= 0.6 is 11.6 Å². The molecule has 66 valence electrons. The van der Waals surface area contributed by atoms with Crippen LogP contribution < -0.4 is 0 Å². The molecule has 13 heavy (non-hydrogen) atoms. The lowest BCUT2D eigenvalue weighted by Gasteiger charge is -1.99. The summed E-state index contributed by atoms with van der Waals surface area (Å²) in [6, 6.07) is 3.60. The molecule has 0 radical (unpaired) electrons. The van der Waals surface area contributed by atoms with E-state index in [4.69, 9.17) is 18.0 Å². The van der Waals surface area contributed by atoms with Crippen LogP contribution in [-0.4, -0.2) is 5.78 Å². The highest BCUT2D eigenvalue weighted by atomic mass is 35.5. The van der Waals surface area contributed by atoms with Gasteiger partial charge in [0.2, 0.25) is 0 Å². The molecule has 1 nitrogen and oxygen atoms in total. The number of terminal acetylenes is 1. The molecule has 0 spiro atoms. The van der Waals surface area contributed by atoms with E-state index in [1.165, 1.54) is 12.1 Å². The van der Waals surface area contributed by atoms with E-state index in [1.54, 1.807) is 0 Å².